The van der Waals surface area contributed by atoms with Crippen LogP contribution in [0.15, 0.2) is 48.5 Å². The zero-order chi connectivity index (χ0) is 14.2. The maximum Gasteiger partial charge on any atom is 0.119 e. The molecule has 0 saturated heterocycles. The average Bonchev–Trinajstić information content (AvgIpc) is 2.46. The smallest absolute Gasteiger partial charge is 0.119 e. The summed E-state index contributed by atoms with van der Waals surface area (Å²) in [5.74, 6) is 0.842. The van der Waals surface area contributed by atoms with E-state index in [2.05, 4.69) is 5.32 Å². The first-order valence-electron chi connectivity index (χ1n) is 6.57. The molecule has 0 amide bonds. The van der Waals surface area contributed by atoms with E-state index in [-0.39, 0.29) is 0 Å². The fourth-order valence-electron chi connectivity index (χ4n) is 1.78. The van der Waals surface area contributed by atoms with Gasteiger partial charge in [0.1, 0.15) is 12.4 Å². The first kappa shape index (κ1) is 15.2. The van der Waals surface area contributed by atoms with Gasteiger partial charge in [0.25, 0.3) is 0 Å². The van der Waals surface area contributed by atoms with E-state index in [1.165, 1.54) is 5.56 Å². The summed E-state index contributed by atoms with van der Waals surface area (Å²) in [6.07, 6.45) is 0.984. The van der Waals surface area contributed by atoms with Crippen molar-refractivity contribution in [3.05, 3.63) is 64.1 Å². The summed E-state index contributed by atoms with van der Waals surface area (Å²) in [6, 6.07) is 15.3. The molecule has 0 aliphatic rings. The first-order valence-corrected chi connectivity index (χ1v) is 7.33. The van der Waals surface area contributed by atoms with Crippen molar-refractivity contribution in [1.82, 2.24) is 5.32 Å². The summed E-state index contributed by atoms with van der Waals surface area (Å²) < 4.78 is 5.59. The average molecular weight is 310 g/mol. The zero-order valence-corrected chi connectivity index (χ0v) is 12.6. The molecular weight excluding hydrogens is 293 g/mol. The molecule has 0 bridgehead atoms. The summed E-state index contributed by atoms with van der Waals surface area (Å²) in [7, 11) is 0. The Bertz CT molecular complexity index is 462. The number of ether oxygens (including phenoxy) is 1. The second-order valence-electron chi connectivity index (χ2n) is 4.43. The molecular formula is C16H17Cl2NO. The van der Waals surface area contributed by atoms with Gasteiger partial charge in [0, 0.05) is 16.6 Å². The molecule has 2 aromatic carbocycles. The monoisotopic (exact) mass is 309 g/mol. The molecule has 0 aliphatic carbocycles. The van der Waals surface area contributed by atoms with Crippen molar-refractivity contribution in [3.8, 4) is 5.75 Å². The van der Waals surface area contributed by atoms with Crippen LogP contribution in [0.2, 0.25) is 10.0 Å². The van der Waals surface area contributed by atoms with E-state index < -0.39 is 0 Å². The van der Waals surface area contributed by atoms with Crippen LogP contribution in [-0.2, 0) is 6.42 Å². The lowest BCUT2D eigenvalue weighted by Crippen LogP contribution is -2.23. The van der Waals surface area contributed by atoms with Crippen LogP contribution >= 0.6 is 23.2 Å². The van der Waals surface area contributed by atoms with E-state index >= 15 is 0 Å². The number of hydrogen-bond donors (Lipinski definition) is 1. The van der Waals surface area contributed by atoms with Crippen molar-refractivity contribution in [2.24, 2.45) is 0 Å². The van der Waals surface area contributed by atoms with E-state index in [0.717, 1.165) is 35.3 Å². The number of benzene rings is 2. The van der Waals surface area contributed by atoms with Gasteiger partial charge in [-0.2, -0.15) is 0 Å². The Morgan fingerprint density at radius 3 is 2.05 bits per heavy atom. The quantitative estimate of drug-likeness (QED) is 0.774. The molecule has 0 fully saturated rings. The Balaban J connectivity index is 1.57. The third kappa shape index (κ3) is 5.41. The number of nitrogens with one attached hydrogen (secondary N) is 1. The summed E-state index contributed by atoms with van der Waals surface area (Å²) >= 11 is 11.6. The molecule has 1 N–H and O–H groups in total. The van der Waals surface area contributed by atoms with Crippen molar-refractivity contribution in [3.63, 3.8) is 0 Å². The molecule has 0 aromatic heterocycles. The van der Waals surface area contributed by atoms with Crippen LogP contribution in [0.1, 0.15) is 5.56 Å². The first-order chi connectivity index (χ1) is 9.74. The van der Waals surface area contributed by atoms with E-state index in [1.54, 1.807) is 0 Å². The van der Waals surface area contributed by atoms with Gasteiger partial charge in [0.2, 0.25) is 0 Å². The van der Waals surface area contributed by atoms with Crippen LogP contribution in [0.4, 0.5) is 0 Å². The van der Waals surface area contributed by atoms with Gasteiger partial charge >= 0.3 is 0 Å². The van der Waals surface area contributed by atoms with Crippen LogP contribution in [0.3, 0.4) is 0 Å². The summed E-state index contributed by atoms with van der Waals surface area (Å²) in [5, 5.41) is 4.84. The van der Waals surface area contributed by atoms with E-state index in [4.69, 9.17) is 27.9 Å². The molecule has 0 heterocycles. The molecule has 20 heavy (non-hydrogen) atoms. The van der Waals surface area contributed by atoms with E-state index in [9.17, 15) is 0 Å². The summed E-state index contributed by atoms with van der Waals surface area (Å²) in [6.45, 7) is 2.38. The Labute approximate surface area is 129 Å². The lowest BCUT2D eigenvalue weighted by molar-refractivity contribution is 0.314. The topological polar surface area (TPSA) is 21.3 Å². The van der Waals surface area contributed by atoms with Gasteiger partial charge in [-0.1, -0.05) is 35.3 Å². The highest BCUT2D eigenvalue weighted by atomic mass is 35.5. The fourth-order valence-corrected chi connectivity index (χ4v) is 2.03. The van der Waals surface area contributed by atoms with Gasteiger partial charge in [-0.15, -0.1) is 0 Å². The summed E-state index contributed by atoms with van der Waals surface area (Å²) in [5.41, 5.74) is 1.28. The lowest BCUT2D eigenvalue weighted by Gasteiger charge is -2.07. The normalized spacial score (nSPS) is 10.5. The summed E-state index contributed by atoms with van der Waals surface area (Å²) in [4.78, 5) is 0. The van der Waals surface area contributed by atoms with Gasteiger partial charge < -0.3 is 10.1 Å². The van der Waals surface area contributed by atoms with Crippen molar-refractivity contribution in [1.29, 1.82) is 0 Å². The molecule has 0 saturated carbocycles. The van der Waals surface area contributed by atoms with Crippen molar-refractivity contribution >= 4 is 23.2 Å². The minimum absolute atomic E-state index is 0.641. The second-order valence-corrected chi connectivity index (χ2v) is 5.30. The van der Waals surface area contributed by atoms with E-state index in [0.29, 0.717) is 6.61 Å². The van der Waals surface area contributed by atoms with Crippen LogP contribution in [-0.4, -0.2) is 19.7 Å². The van der Waals surface area contributed by atoms with E-state index in [1.807, 2.05) is 48.5 Å². The van der Waals surface area contributed by atoms with Crippen molar-refractivity contribution in [2.75, 3.05) is 19.7 Å². The number of rotatable bonds is 7. The predicted molar refractivity (Wildman–Crippen MR) is 85.0 cm³/mol. The molecule has 0 radical (unpaired) electrons. The van der Waals surface area contributed by atoms with Crippen LogP contribution in [0, 0.1) is 0 Å². The SMILES string of the molecule is Clc1ccc(CCNCCOc2ccc(Cl)cc2)cc1. The molecule has 0 aliphatic heterocycles. The van der Waals surface area contributed by atoms with Crippen LogP contribution < -0.4 is 10.1 Å². The van der Waals surface area contributed by atoms with Crippen molar-refractivity contribution < 1.29 is 4.74 Å². The predicted octanol–water partition coefficient (Wildman–Crippen LogP) is 4.20. The standard InChI is InChI=1S/C16H17Cl2NO/c17-14-3-1-13(2-4-14)9-10-19-11-12-20-16-7-5-15(18)6-8-16/h1-8,19H,9-12H2. The van der Waals surface area contributed by atoms with Crippen molar-refractivity contribution in [2.45, 2.75) is 6.42 Å². The Morgan fingerprint density at radius 2 is 1.40 bits per heavy atom. The minimum Gasteiger partial charge on any atom is -0.492 e. The van der Waals surface area contributed by atoms with Gasteiger partial charge in [-0.3, -0.25) is 0 Å². The van der Waals surface area contributed by atoms with Gasteiger partial charge in [0.15, 0.2) is 0 Å². The molecule has 0 unspecified atom stereocenters. The highest BCUT2D eigenvalue weighted by Gasteiger charge is 1.95. The zero-order valence-electron chi connectivity index (χ0n) is 11.1. The maximum atomic E-state index is 5.84. The molecule has 2 aromatic rings. The Morgan fingerprint density at radius 1 is 0.800 bits per heavy atom. The Kier molecular flexibility index (Phi) is 6.19. The lowest BCUT2D eigenvalue weighted by atomic mass is 10.1. The highest BCUT2D eigenvalue weighted by Crippen LogP contribution is 2.15. The molecule has 2 nitrogen and oxygen atoms in total. The molecule has 0 spiro atoms. The largest absolute Gasteiger partial charge is 0.492 e. The third-order valence-electron chi connectivity index (χ3n) is 2.86. The molecule has 2 rings (SSSR count). The molecule has 106 valence electrons. The molecule has 4 heteroatoms. The van der Waals surface area contributed by atoms with Gasteiger partial charge in [-0.25, -0.2) is 0 Å². The highest BCUT2D eigenvalue weighted by molar-refractivity contribution is 6.30. The van der Waals surface area contributed by atoms with Gasteiger partial charge in [0.05, 0.1) is 0 Å². The Hall–Kier alpha value is -1.22. The minimum atomic E-state index is 0.641. The van der Waals surface area contributed by atoms with Gasteiger partial charge in [-0.05, 0) is 54.9 Å². The molecule has 0 atom stereocenters. The number of hydrogen-bond acceptors (Lipinski definition) is 2. The fraction of sp³-hybridized carbons (Fsp3) is 0.250. The van der Waals surface area contributed by atoms with Crippen LogP contribution in [0.25, 0.3) is 0 Å². The third-order valence-corrected chi connectivity index (χ3v) is 3.37. The second kappa shape index (κ2) is 8.15. The number of halogens is 2. The van der Waals surface area contributed by atoms with Crippen LogP contribution in [0.5, 0.6) is 5.75 Å². The maximum absolute atomic E-state index is 5.84.